The first-order valence-electron chi connectivity index (χ1n) is 9.36. The number of rotatable bonds is 8. The molecular weight excluding hydrogens is 374 g/mol. The molecule has 28 heavy (non-hydrogen) atoms. The summed E-state index contributed by atoms with van der Waals surface area (Å²) in [5.74, 6) is 0.488. The zero-order valence-corrected chi connectivity index (χ0v) is 16.9. The van der Waals surface area contributed by atoms with Gasteiger partial charge in [0, 0.05) is 42.8 Å². The molecule has 0 saturated heterocycles. The summed E-state index contributed by atoms with van der Waals surface area (Å²) in [6.45, 7) is 4.63. The Balaban J connectivity index is 1.46. The summed E-state index contributed by atoms with van der Waals surface area (Å²) in [5, 5.41) is 3.88. The Bertz CT molecular complexity index is 985. The van der Waals surface area contributed by atoms with Crippen LogP contribution in [0.1, 0.15) is 40.9 Å². The van der Waals surface area contributed by atoms with Crippen molar-refractivity contribution in [1.29, 1.82) is 0 Å². The standard InChI is InChI=1S/C21H24ClN5O/c1-14-9-18(22)19(25-11-14)5-3-4-8-23-21-26-13-17(20(28)27-21)10-16-7-6-15(2)24-12-16/h6-7,9,11-13H,3-5,8,10H2,1-2H3,(H2,23,26,27,28). The summed E-state index contributed by atoms with van der Waals surface area (Å²) in [6.07, 6.45) is 8.46. The summed E-state index contributed by atoms with van der Waals surface area (Å²) < 4.78 is 0. The number of pyridine rings is 2. The number of hydrogen-bond acceptors (Lipinski definition) is 5. The van der Waals surface area contributed by atoms with Gasteiger partial charge in [-0.2, -0.15) is 0 Å². The number of H-pyrrole nitrogens is 1. The van der Waals surface area contributed by atoms with Gasteiger partial charge in [0.15, 0.2) is 0 Å². The van der Waals surface area contributed by atoms with Crippen LogP contribution < -0.4 is 10.9 Å². The topological polar surface area (TPSA) is 83.6 Å². The average molecular weight is 398 g/mol. The number of halogens is 1. The van der Waals surface area contributed by atoms with E-state index >= 15 is 0 Å². The largest absolute Gasteiger partial charge is 0.356 e. The van der Waals surface area contributed by atoms with Crippen molar-refractivity contribution < 1.29 is 0 Å². The summed E-state index contributed by atoms with van der Waals surface area (Å²) in [6, 6.07) is 5.85. The maximum atomic E-state index is 12.3. The molecule has 3 heterocycles. The first-order valence-corrected chi connectivity index (χ1v) is 9.73. The summed E-state index contributed by atoms with van der Waals surface area (Å²) in [5.41, 5.74) is 4.42. The molecule has 0 amide bonds. The Morgan fingerprint density at radius 2 is 1.93 bits per heavy atom. The number of anilines is 1. The molecule has 0 aliphatic carbocycles. The third-order valence-corrected chi connectivity index (χ3v) is 4.75. The molecule has 0 bridgehead atoms. The van der Waals surface area contributed by atoms with Crippen molar-refractivity contribution >= 4 is 17.5 Å². The van der Waals surface area contributed by atoms with Gasteiger partial charge in [-0.15, -0.1) is 0 Å². The predicted molar refractivity (Wildman–Crippen MR) is 112 cm³/mol. The Morgan fingerprint density at radius 3 is 2.64 bits per heavy atom. The van der Waals surface area contributed by atoms with Crippen LogP contribution in [0.15, 0.2) is 41.6 Å². The van der Waals surface area contributed by atoms with Gasteiger partial charge in [0.05, 0.1) is 10.7 Å². The first-order chi connectivity index (χ1) is 13.5. The molecule has 0 aliphatic rings. The van der Waals surface area contributed by atoms with Crippen LogP contribution in [0, 0.1) is 13.8 Å². The van der Waals surface area contributed by atoms with E-state index in [0.717, 1.165) is 46.8 Å². The molecule has 0 saturated carbocycles. The van der Waals surface area contributed by atoms with Crippen LogP contribution in [0.3, 0.4) is 0 Å². The Morgan fingerprint density at radius 1 is 1.07 bits per heavy atom. The fraction of sp³-hybridized carbons (Fsp3) is 0.333. The van der Waals surface area contributed by atoms with Crippen molar-refractivity contribution in [3.05, 3.63) is 80.2 Å². The average Bonchev–Trinajstić information content (AvgIpc) is 2.67. The monoisotopic (exact) mass is 397 g/mol. The van der Waals surface area contributed by atoms with Gasteiger partial charge in [0.2, 0.25) is 5.95 Å². The van der Waals surface area contributed by atoms with Crippen LogP contribution in [0.2, 0.25) is 5.02 Å². The maximum Gasteiger partial charge on any atom is 0.255 e. The highest BCUT2D eigenvalue weighted by Gasteiger charge is 2.05. The molecule has 6 nitrogen and oxygen atoms in total. The number of aromatic amines is 1. The van der Waals surface area contributed by atoms with E-state index in [-0.39, 0.29) is 5.56 Å². The van der Waals surface area contributed by atoms with E-state index in [4.69, 9.17) is 11.6 Å². The van der Waals surface area contributed by atoms with Gasteiger partial charge in [-0.25, -0.2) is 4.98 Å². The molecule has 3 aromatic heterocycles. The lowest BCUT2D eigenvalue weighted by molar-refractivity contribution is 0.744. The molecule has 0 spiro atoms. The summed E-state index contributed by atoms with van der Waals surface area (Å²) in [7, 11) is 0. The number of hydrogen-bond donors (Lipinski definition) is 2. The maximum absolute atomic E-state index is 12.3. The molecule has 7 heteroatoms. The van der Waals surface area contributed by atoms with Crippen molar-refractivity contribution in [1.82, 2.24) is 19.9 Å². The van der Waals surface area contributed by atoms with Crippen molar-refractivity contribution in [2.24, 2.45) is 0 Å². The van der Waals surface area contributed by atoms with E-state index in [0.29, 0.717) is 24.5 Å². The molecule has 0 aromatic carbocycles. The minimum Gasteiger partial charge on any atom is -0.356 e. The number of aryl methyl sites for hydroxylation is 3. The number of unbranched alkanes of at least 4 members (excludes halogenated alkanes) is 1. The molecule has 0 unspecified atom stereocenters. The zero-order chi connectivity index (χ0) is 19.9. The zero-order valence-electron chi connectivity index (χ0n) is 16.1. The lowest BCUT2D eigenvalue weighted by Gasteiger charge is -2.07. The minimum atomic E-state index is -0.131. The second-order valence-corrected chi connectivity index (χ2v) is 7.30. The van der Waals surface area contributed by atoms with Gasteiger partial charge in [0.25, 0.3) is 5.56 Å². The van der Waals surface area contributed by atoms with Crippen LogP contribution >= 0.6 is 11.6 Å². The Kier molecular flexibility index (Phi) is 6.76. The number of nitrogens with one attached hydrogen (secondary N) is 2. The SMILES string of the molecule is Cc1cnc(CCCCNc2ncc(Cc3ccc(C)nc3)c(=O)[nH]2)c(Cl)c1. The highest BCUT2D eigenvalue weighted by Crippen LogP contribution is 2.16. The lowest BCUT2D eigenvalue weighted by atomic mass is 10.1. The van der Waals surface area contributed by atoms with Crippen LogP contribution in [0.25, 0.3) is 0 Å². The molecule has 0 aliphatic heterocycles. The fourth-order valence-electron chi connectivity index (χ4n) is 2.83. The minimum absolute atomic E-state index is 0.131. The van der Waals surface area contributed by atoms with Gasteiger partial charge >= 0.3 is 0 Å². The third kappa shape index (κ3) is 5.63. The van der Waals surface area contributed by atoms with E-state index < -0.39 is 0 Å². The summed E-state index contributed by atoms with van der Waals surface area (Å²) >= 11 is 6.20. The van der Waals surface area contributed by atoms with Crippen LogP contribution in [-0.4, -0.2) is 26.5 Å². The van der Waals surface area contributed by atoms with Gasteiger partial charge < -0.3 is 5.32 Å². The molecule has 2 N–H and O–H groups in total. The van der Waals surface area contributed by atoms with E-state index in [1.165, 1.54) is 0 Å². The fourth-order valence-corrected chi connectivity index (χ4v) is 3.15. The quantitative estimate of drug-likeness (QED) is 0.564. The molecule has 0 radical (unpaired) electrons. The predicted octanol–water partition coefficient (Wildman–Crippen LogP) is 3.86. The highest BCUT2D eigenvalue weighted by molar-refractivity contribution is 6.31. The van der Waals surface area contributed by atoms with E-state index in [1.54, 1.807) is 12.4 Å². The molecular formula is C21H24ClN5O. The smallest absolute Gasteiger partial charge is 0.255 e. The van der Waals surface area contributed by atoms with Gasteiger partial charge in [-0.1, -0.05) is 17.7 Å². The molecule has 3 rings (SSSR count). The van der Waals surface area contributed by atoms with Gasteiger partial charge in [-0.05, 0) is 56.4 Å². The number of nitrogens with zero attached hydrogens (tertiary/aromatic N) is 3. The van der Waals surface area contributed by atoms with Crippen molar-refractivity contribution in [2.75, 3.05) is 11.9 Å². The molecule has 146 valence electrons. The second kappa shape index (κ2) is 9.46. The van der Waals surface area contributed by atoms with Crippen LogP contribution in [0.4, 0.5) is 5.95 Å². The van der Waals surface area contributed by atoms with Crippen molar-refractivity contribution in [3.8, 4) is 0 Å². The first kappa shape index (κ1) is 20.0. The van der Waals surface area contributed by atoms with Gasteiger partial charge in [-0.3, -0.25) is 19.7 Å². The van der Waals surface area contributed by atoms with E-state index in [9.17, 15) is 4.79 Å². The molecule has 3 aromatic rings. The lowest BCUT2D eigenvalue weighted by Crippen LogP contribution is -2.17. The van der Waals surface area contributed by atoms with Crippen molar-refractivity contribution in [2.45, 2.75) is 39.5 Å². The highest BCUT2D eigenvalue weighted by atomic mass is 35.5. The van der Waals surface area contributed by atoms with Crippen LogP contribution in [0.5, 0.6) is 0 Å². The summed E-state index contributed by atoms with van der Waals surface area (Å²) in [4.78, 5) is 28.0. The number of aromatic nitrogens is 4. The van der Waals surface area contributed by atoms with Crippen molar-refractivity contribution in [3.63, 3.8) is 0 Å². The third-order valence-electron chi connectivity index (χ3n) is 4.43. The van der Waals surface area contributed by atoms with Gasteiger partial charge in [0.1, 0.15) is 0 Å². The second-order valence-electron chi connectivity index (χ2n) is 6.90. The molecule has 0 atom stereocenters. The molecule has 0 fully saturated rings. The Hall–Kier alpha value is -2.73. The normalized spacial score (nSPS) is 10.8. The van der Waals surface area contributed by atoms with E-state index in [2.05, 4.69) is 25.3 Å². The van der Waals surface area contributed by atoms with Crippen LogP contribution in [-0.2, 0) is 12.8 Å². The van der Waals surface area contributed by atoms with E-state index in [1.807, 2.05) is 38.2 Å². The Labute approximate surface area is 169 Å².